The first-order chi connectivity index (χ1) is 7.69. The molecule has 1 aromatic rings. The van der Waals surface area contributed by atoms with Crippen LogP contribution >= 0.6 is 0 Å². The van der Waals surface area contributed by atoms with E-state index in [2.05, 4.69) is 19.2 Å². The van der Waals surface area contributed by atoms with Crippen molar-refractivity contribution in [3.05, 3.63) is 23.8 Å². The van der Waals surface area contributed by atoms with E-state index >= 15 is 0 Å². The van der Waals surface area contributed by atoms with Crippen LogP contribution in [-0.4, -0.2) is 24.8 Å². The molecule has 0 saturated carbocycles. The Hall–Kier alpha value is -1.22. The molecule has 90 valence electrons. The van der Waals surface area contributed by atoms with Crippen molar-refractivity contribution in [1.29, 1.82) is 0 Å². The number of methoxy groups -OCH3 is 1. The number of ether oxygens (including phenoxy) is 1. The van der Waals surface area contributed by atoms with Crippen LogP contribution in [0.5, 0.6) is 11.5 Å². The van der Waals surface area contributed by atoms with E-state index in [-0.39, 0.29) is 5.75 Å². The summed E-state index contributed by atoms with van der Waals surface area (Å²) in [5, 5.41) is 13.3. The molecule has 0 heterocycles. The largest absolute Gasteiger partial charge is 0.504 e. The van der Waals surface area contributed by atoms with Gasteiger partial charge in [0.15, 0.2) is 11.5 Å². The maximum Gasteiger partial charge on any atom is 0.160 e. The fourth-order valence-electron chi connectivity index (χ4n) is 1.53. The molecule has 1 rings (SSSR count). The zero-order valence-electron chi connectivity index (χ0n) is 10.3. The lowest BCUT2D eigenvalue weighted by Gasteiger charge is -2.12. The molecule has 0 saturated heterocycles. The Morgan fingerprint density at radius 1 is 1.44 bits per heavy atom. The molecule has 3 nitrogen and oxygen atoms in total. The van der Waals surface area contributed by atoms with Crippen molar-refractivity contribution in [2.45, 2.75) is 32.7 Å². The molecule has 1 atom stereocenters. The Morgan fingerprint density at radius 2 is 2.19 bits per heavy atom. The Labute approximate surface area is 97.4 Å². The third kappa shape index (κ3) is 3.42. The molecule has 0 aliphatic heterocycles. The molecule has 1 unspecified atom stereocenters. The summed E-state index contributed by atoms with van der Waals surface area (Å²) in [6.07, 6.45) is 1.93. The van der Waals surface area contributed by atoms with Gasteiger partial charge in [0.1, 0.15) is 0 Å². The second-order valence-corrected chi connectivity index (χ2v) is 3.98. The van der Waals surface area contributed by atoms with Gasteiger partial charge in [0.2, 0.25) is 0 Å². The summed E-state index contributed by atoms with van der Waals surface area (Å²) in [7, 11) is 1.57. The van der Waals surface area contributed by atoms with Gasteiger partial charge in [-0.1, -0.05) is 19.1 Å². The van der Waals surface area contributed by atoms with Crippen molar-refractivity contribution in [3.8, 4) is 11.5 Å². The van der Waals surface area contributed by atoms with Gasteiger partial charge in [0, 0.05) is 6.04 Å². The molecule has 2 N–H and O–H groups in total. The Morgan fingerprint density at radius 3 is 2.81 bits per heavy atom. The number of hydrogen-bond donors (Lipinski definition) is 2. The van der Waals surface area contributed by atoms with Gasteiger partial charge in [0.25, 0.3) is 0 Å². The monoisotopic (exact) mass is 223 g/mol. The second-order valence-electron chi connectivity index (χ2n) is 3.98. The SMILES string of the molecule is CCC(C)NCCc1cccc(OC)c1O. The fraction of sp³-hybridized carbons (Fsp3) is 0.538. The van der Waals surface area contributed by atoms with Gasteiger partial charge < -0.3 is 15.2 Å². The van der Waals surface area contributed by atoms with Gasteiger partial charge in [-0.25, -0.2) is 0 Å². The van der Waals surface area contributed by atoms with Gasteiger partial charge in [-0.3, -0.25) is 0 Å². The molecule has 0 bridgehead atoms. The van der Waals surface area contributed by atoms with Crippen LogP contribution in [0, 0.1) is 0 Å². The van der Waals surface area contributed by atoms with Crippen molar-refractivity contribution in [2.24, 2.45) is 0 Å². The van der Waals surface area contributed by atoms with Crippen molar-refractivity contribution in [1.82, 2.24) is 5.32 Å². The number of nitrogens with one attached hydrogen (secondary N) is 1. The molecule has 3 heteroatoms. The van der Waals surface area contributed by atoms with Gasteiger partial charge in [0.05, 0.1) is 7.11 Å². The summed E-state index contributed by atoms with van der Waals surface area (Å²) in [6, 6.07) is 6.11. The average Bonchev–Trinajstić information content (AvgIpc) is 2.31. The standard InChI is InChI=1S/C13H21NO2/c1-4-10(2)14-9-8-11-6-5-7-12(16-3)13(11)15/h5-7,10,14-15H,4,8-9H2,1-3H3. The Bertz CT molecular complexity index is 326. The lowest BCUT2D eigenvalue weighted by Crippen LogP contribution is -2.27. The number of hydrogen-bond acceptors (Lipinski definition) is 3. The van der Waals surface area contributed by atoms with Crippen LogP contribution in [0.3, 0.4) is 0 Å². The van der Waals surface area contributed by atoms with Gasteiger partial charge in [-0.05, 0) is 37.9 Å². The first-order valence-corrected chi connectivity index (χ1v) is 5.77. The van der Waals surface area contributed by atoms with Gasteiger partial charge >= 0.3 is 0 Å². The molecular weight excluding hydrogens is 202 g/mol. The lowest BCUT2D eigenvalue weighted by molar-refractivity contribution is 0.370. The predicted molar refractivity (Wildman–Crippen MR) is 66.1 cm³/mol. The molecule has 0 amide bonds. The molecule has 0 spiro atoms. The zero-order chi connectivity index (χ0) is 12.0. The minimum atomic E-state index is 0.260. The van der Waals surface area contributed by atoms with Gasteiger partial charge in [-0.2, -0.15) is 0 Å². The molecule has 1 aromatic carbocycles. The summed E-state index contributed by atoms with van der Waals surface area (Å²) in [6.45, 7) is 5.18. The van der Waals surface area contributed by atoms with Crippen LogP contribution in [-0.2, 0) is 6.42 Å². The second kappa shape index (κ2) is 6.38. The minimum absolute atomic E-state index is 0.260. The van der Waals surface area contributed by atoms with Crippen LogP contribution in [0.15, 0.2) is 18.2 Å². The summed E-state index contributed by atoms with van der Waals surface area (Å²) >= 11 is 0. The van der Waals surface area contributed by atoms with E-state index in [0.717, 1.165) is 24.9 Å². The normalized spacial score (nSPS) is 12.4. The molecule has 0 aliphatic rings. The van der Waals surface area contributed by atoms with E-state index in [4.69, 9.17) is 4.74 Å². The third-order valence-corrected chi connectivity index (χ3v) is 2.80. The van der Waals surface area contributed by atoms with Crippen molar-refractivity contribution in [2.75, 3.05) is 13.7 Å². The van der Waals surface area contributed by atoms with E-state index < -0.39 is 0 Å². The Balaban J connectivity index is 2.54. The summed E-state index contributed by atoms with van der Waals surface area (Å²) < 4.78 is 5.06. The zero-order valence-corrected chi connectivity index (χ0v) is 10.3. The highest BCUT2D eigenvalue weighted by Gasteiger charge is 2.06. The van der Waals surface area contributed by atoms with Crippen LogP contribution in [0.25, 0.3) is 0 Å². The summed E-state index contributed by atoms with van der Waals surface area (Å²) in [5.74, 6) is 0.803. The molecular formula is C13H21NO2. The third-order valence-electron chi connectivity index (χ3n) is 2.80. The van der Waals surface area contributed by atoms with Crippen molar-refractivity contribution in [3.63, 3.8) is 0 Å². The minimum Gasteiger partial charge on any atom is -0.504 e. The highest BCUT2D eigenvalue weighted by molar-refractivity contribution is 5.45. The summed E-state index contributed by atoms with van der Waals surface area (Å²) in [4.78, 5) is 0. The van der Waals surface area contributed by atoms with E-state index in [0.29, 0.717) is 11.8 Å². The number of aromatic hydroxyl groups is 1. The van der Waals surface area contributed by atoms with Crippen molar-refractivity contribution >= 4 is 0 Å². The highest BCUT2D eigenvalue weighted by Crippen LogP contribution is 2.29. The Kier molecular flexibility index (Phi) is 5.12. The lowest BCUT2D eigenvalue weighted by atomic mass is 10.1. The van der Waals surface area contributed by atoms with E-state index in [9.17, 15) is 5.11 Å². The van der Waals surface area contributed by atoms with E-state index in [1.165, 1.54) is 0 Å². The smallest absolute Gasteiger partial charge is 0.160 e. The van der Waals surface area contributed by atoms with E-state index in [1.54, 1.807) is 13.2 Å². The van der Waals surface area contributed by atoms with E-state index in [1.807, 2.05) is 12.1 Å². The number of phenolic OH excluding ortho intramolecular Hbond substituents is 1. The number of benzene rings is 1. The first-order valence-electron chi connectivity index (χ1n) is 5.77. The first kappa shape index (κ1) is 12.8. The molecule has 0 fully saturated rings. The van der Waals surface area contributed by atoms with Gasteiger partial charge in [-0.15, -0.1) is 0 Å². The molecule has 0 aliphatic carbocycles. The molecule has 0 radical (unpaired) electrons. The number of rotatable bonds is 6. The fourth-order valence-corrected chi connectivity index (χ4v) is 1.53. The molecule has 16 heavy (non-hydrogen) atoms. The number of phenols is 1. The average molecular weight is 223 g/mol. The van der Waals surface area contributed by atoms with Crippen LogP contribution in [0.4, 0.5) is 0 Å². The van der Waals surface area contributed by atoms with Crippen molar-refractivity contribution < 1.29 is 9.84 Å². The molecule has 0 aromatic heterocycles. The predicted octanol–water partition coefficient (Wildman–Crippen LogP) is 2.33. The van der Waals surface area contributed by atoms with Crippen LogP contribution in [0.2, 0.25) is 0 Å². The quantitative estimate of drug-likeness (QED) is 0.777. The highest BCUT2D eigenvalue weighted by atomic mass is 16.5. The van der Waals surface area contributed by atoms with Crippen LogP contribution in [0.1, 0.15) is 25.8 Å². The van der Waals surface area contributed by atoms with Crippen LogP contribution < -0.4 is 10.1 Å². The maximum atomic E-state index is 9.86. The number of para-hydroxylation sites is 1. The maximum absolute atomic E-state index is 9.86. The summed E-state index contributed by atoms with van der Waals surface area (Å²) in [5.41, 5.74) is 0.926. The topological polar surface area (TPSA) is 41.5 Å².